The number of aromatic nitrogens is 3. The number of alkyl halides is 1. The van der Waals surface area contributed by atoms with Gasteiger partial charge < -0.3 is 4.57 Å². The predicted octanol–water partition coefficient (Wildman–Crippen LogP) is 3.28. The van der Waals surface area contributed by atoms with E-state index in [2.05, 4.69) is 20.6 Å². The van der Waals surface area contributed by atoms with Gasteiger partial charge in [0.1, 0.15) is 5.82 Å². The number of nitrogens with zero attached hydrogens (tertiary/aromatic N) is 3. The molecule has 0 radical (unpaired) electrons. The van der Waals surface area contributed by atoms with E-state index in [1.165, 1.54) is 0 Å². The molecule has 17 heavy (non-hydrogen) atoms. The molecule has 2 heterocycles. The SMILES string of the molecule is ClCc1nc2ccccc2n1Cc1cscn1. The summed E-state index contributed by atoms with van der Waals surface area (Å²) >= 11 is 7.55. The number of para-hydroxylation sites is 2. The van der Waals surface area contributed by atoms with Crippen molar-refractivity contribution in [2.75, 3.05) is 0 Å². The molecule has 3 rings (SSSR count). The minimum Gasteiger partial charge on any atom is -0.321 e. The average Bonchev–Trinajstić information content (AvgIpc) is 2.98. The van der Waals surface area contributed by atoms with Crippen LogP contribution in [0, 0.1) is 0 Å². The molecule has 0 saturated heterocycles. The Kier molecular flexibility index (Phi) is 2.82. The molecule has 0 fully saturated rings. The number of hydrogen-bond donors (Lipinski definition) is 0. The summed E-state index contributed by atoms with van der Waals surface area (Å²) in [5.41, 5.74) is 4.98. The van der Waals surface area contributed by atoms with Crippen molar-refractivity contribution in [3.8, 4) is 0 Å². The number of hydrogen-bond acceptors (Lipinski definition) is 3. The monoisotopic (exact) mass is 263 g/mol. The fourth-order valence-corrected chi connectivity index (χ4v) is 2.64. The highest BCUT2D eigenvalue weighted by Crippen LogP contribution is 2.19. The lowest BCUT2D eigenvalue weighted by molar-refractivity contribution is 0.763. The normalized spacial score (nSPS) is 11.1. The summed E-state index contributed by atoms with van der Waals surface area (Å²) in [4.78, 5) is 8.82. The van der Waals surface area contributed by atoms with Gasteiger partial charge in [-0.25, -0.2) is 9.97 Å². The number of halogens is 1. The summed E-state index contributed by atoms with van der Waals surface area (Å²) in [6, 6.07) is 8.06. The second kappa shape index (κ2) is 4.47. The van der Waals surface area contributed by atoms with Crippen molar-refractivity contribution < 1.29 is 0 Å². The Morgan fingerprint density at radius 3 is 2.94 bits per heavy atom. The highest BCUT2D eigenvalue weighted by molar-refractivity contribution is 7.07. The minimum absolute atomic E-state index is 0.415. The summed E-state index contributed by atoms with van der Waals surface area (Å²) in [5.74, 6) is 1.31. The molecule has 0 aliphatic carbocycles. The number of imidazole rings is 1. The van der Waals surface area contributed by atoms with Crippen molar-refractivity contribution in [2.24, 2.45) is 0 Å². The predicted molar refractivity (Wildman–Crippen MR) is 70.5 cm³/mol. The molecule has 0 bridgehead atoms. The van der Waals surface area contributed by atoms with E-state index in [0.29, 0.717) is 5.88 Å². The molecule has 0 N–H and O–H groups in total. The lowest BCUT2D eigenvalue weighted by Gasteiger charge is -2.04. The van der Waals surface area contributed by atoms with Gasteiger partial charge in [-0.3, -0.25) is 0 Å². The van der Waals surface area contributed by atoms with Gasteiger partial charge in [-0.15, -0.1) is 22.9 Å². The first kappa shape index (κ1) is 10.7. The fourth-order valence-electron chi connectivity index (χ4n) is 1.88. The Bertz CT molecular complexity index is 630. The fraction of sp³-hybridized carbons (Fsp3) is 0.167. The van der Waals surface area contributed by atoms with Crippen LogP contribution in [-0.2, 0) is 12.4 Å². The molecule has 0 aliphatic heterocycles. The Morgan fingerprint density at radius 1 is 1.29 bits per heavy atom. The van der Waals surface area contributed by atoms with Gasteiger partial charge in [-0.1, -0.05) is 12.1 Å². The molecular weight excluding hydrogens is 254 g/mol. The highest BCUT2D eigenvalue weighted by atomic mass is 35.5. The van der Waals surface area contributed by atoms with E-state index in [4.69, 9.17) is 11.6 Å². The molecule has 0 spiro atoms. The maximum Gasteiger partial charge on any atom is 0.125 e. The van der Waals surface area contributed by atoms with Crippen LogP contribution in [0.3, 0.4) is 0 Å². The van der Waals surface area contributed by atoms with Gasteiger partial charge in [-0.05, 0) is 12.1 Å². The summed E-state index contributed by atoms with van der Waals surface area (Å²) in [5, 5.41) is 2.05. The van der Waals surface area contributed by atoms with Gasteiger partial charge in [0.15, 0.2) is 0 Å². The van der Waals surface area contributed by atoms with Crippen LogP contribution in [0.5, 0.6) is 0 Å². The Morgan fingerprint density at radius 2 is 2.18 bits per heavy atom. The van der Waals surface area contributed by atoms with E-state index in [1.54, 1.807) is 11.3 Å². The minimum atomic E-state index is 0.415. The molecule has 5 heteroatoms. The van der Waals surface area contributed by atoms with E-state index in [-0.39, 0.29) is 0 Å². The van der Waals surface area contributed by atoms with Crippen LogP contribution in [0.4, 0.5) is 0 Å². The van der Waals surface area contributed by atoms with Crippen molar-refractivity contribution in [2.45, 2.75) is 12.4 Å². The topological polar surface area (TPSA) is 30.7 Å². The second-order valence-electron chi connectivity index (χ2n) is 3.72. The zero-order valence-corrected chi connectivity index (χ0v) is 10.6. The molecule has 3 nitrogen and oxygen atoms in total. The lowest BCUT2D eigenvalue weighted by atomic mass is 10.3. The van der Waals surface area contributed by atoms with E-state index >= 15 is 0 Å². The van der Waals surface area contributed by atoms with E-state index < -0.39 is 0 Å². The van der Waals surface area contributed by atoms with E-state index in [9.17, 15) is 0 Å². The summed E-state index contributed by atoms with van der Waals surface area (Å²) in [6.07, 6.45) is 0. The first-order valence-corrected chi connectivity index (χ1v) is 6.73. The number of fused-ring (bicyclic) bond motifs is 1. The third-order valence-corrected chi connectivity index (χ3v) is 3.53. The van der Waals surface area contributed by atoms with Crippen molar-refractivity contribution in [3.63, 3.8) is 0 Å². The molecule has 3 aromatic rings. The second-order valence-corrected chi connectivity index (χ2v) is 4.70. The molecule has 0 saturated carbocycles. The molecule has 0 atom stereocenters. The van der Waals surface area contributed by atoms with Gasteiger partial charge in [-0.2, -0.15) is 0 Å². The smallest absolute Gasteiger partial charge is 0.125 e. The van der Waals surface area contributed by atoms with Crippen LogP contribution in [-0.4, -0.2) is 14.5 Å². The van der Waals surface area contributed by atoms with Crippen LogP contribution in [0.2, 0.25) is 0 Å². The number of benzene rings is 1. The maximum atomic E-state index is 5.94. The Labute approximate surface area is 108 Å². The summed E-state index contributed by atoms with van der Waals surface area (Å²) in [6.45, 7) is 0.728. The lowest BCUT2D eigenvalue weighted by Crippen LogP contribution is -2.03. The maximum absolute atomic E-state index is 5.94. The standard InChI is InChI=1S/C12H10ClN3S/c13-5-12-15-10-3-1-2-4-11(10)16(12)6-9-7-17-8-14-9/h1-4,7-8H,5-6H2. The molecule has 1 aromatic carbocycles. The van der Waals surface area contributed by atoms with Gasteiger partial charge >= 0.3 is 0 Å². The van der Waals surface area contributed by atoms with Crippen LogP contribution in [0.25, 0.3) is 11.0 Å². The Balaban J connectivity index is 2.12. The zero-order valence-electron chi connectivity index (χ0n) is 9.01. The van der Waals surface area contributed by atoms with Crippen molar-refractivity contribution >= 4 is 34.0 Å². The van der Waals surface area contributed by atoms with Crippen molar-refractivity contribution in [1.29, 1.82) is 0 Å². The van der Waals surface area contributed by atoms with Gasteiger partial charge in [0.05, 0.1) is 34.7 Å². The molecule has 0 amide bonds. The molecule has 86 valence electrons. The first-order chi connectivity index (χ1) is 8.38. The molecule has 2 aromatic heterocycles. The number of rotatable bonds is 3. The summed E-state index contributed by atoms with van der Waals surface area (Å²) in [7, 11) is 0. The quantitative estimate of drug-likeness (QED) is 0.679. The Hall–Kier alpha value is -1.39. The zero-order chi connectivity index (χ0) is 11.7. The van der Waals surface area contributed by atoms with E-state index in [1.807, 2.05) is 29.1 Å². The molecular formula is C12H10ClN3S. The summed E-state index contributed by atoms with van der Waals surface area (Å²) < 4.78 is 2.12. The molecule has 0 aliphatic rings. The third-order valence-electron chi connectivity index (χ3n) is 2.66. The van der Waals surface area contributed by atoms with Gasteiger partial charge in [0.25, 0.3) is 0 Å². The average molecular weight is 264 g/mol. The van der Waals surface area contributed by atoms with Crippen LogP contribution >= 0.6 is 22.9 Å². The number of thiazole rings is 1. The molecule has 0 unspecified atom stereocenters. The third kappa shape index (κ3) is 1.94. The first-order valence-electron chi connectivity index (χ1n) is 5.25. The largest absolute Gasteiger partial charge is 0.321 e. The van der Waals surface area contributed by atoms with Crippen molar-refractivity contribution in [3.05, 3.63) is 46.7 Å². The van der Waals surface area contributed by atoms with Crippen LogP contribution in [0.15, 0.2) is 35.2 Å². The highest BCUT2D eigenvalue weighted by Gasteiger charge is 2.10. The van der Waals surface area contributed by atoms with Crippen LogP contribution in [0.1, 0.15) is 11.5 Å². The van der Waals surface area contributed by atoms with Gasteiger partial charge in [0, 0.05) is 5.38 Å². The van der Waals surface area contributed by atoms with E-state index in [0.717, 1.165) is 29.1 Å². The van der Waals surface area contributed by atoms with Gasteiger partial charge in [0.2, 0.25) is 0 Å². The van der Waals surface area contributed by atoms with Crippen molar-refractivity contribution in [1.82, 2.24) is 14.5 Å². The van der Waals surface area contributed by atoms with Crippen LogP contribution < -0.4 is 0 Å².